The number of aromatic amines is 1. The van der Waals surface area contributed by atoms with Crippen LogP contribution in [0.3, 0.4) is 0 Å². The van der Waals surface area contributed by atoms with E-state index in [4.69, 9.17) is 16.2 Å². The number of hydrogen-bond acceptors (Lipinski definition) is 11. The summed E-state index contributed by atoms with van der Waals surface area (Å²) in [5.41, 5.74) is 9.29. The van der Waals surface area contributed by atoms with Crippen molar-refractivity contribution in [2.45, 2.75) is 141 Å². The minimum atomic E-state index is -1.80. The van der Waals surface area contributed by atoms with E-state index in [2.05, 4.69) is 59.2 Å². The second-order valence-electron chi connectivity index (χ2n) is 24.3. The summed E-state index contributed by atoms with van der Waals surface area (Å²) in [4.78, 5) is 49.3. The van der Waals surface area contributed by atoms with Crippen molar-refractivity contribution in [3.05, 3.63) is 59.1 Å². The Balaban J connectivity index is 1.16. The van der Waals surface area contributed by atoms with Crippen molar-refractivity contribution in [3.8, 4) is 11.8 Å². The Bertz CT molecular complexity index is 2430. The van der Waals surface area contributed by atoms with Gasteiger partial charge in [-0.2, -0.15) is 0 Å². The standard InChI is InChI=1S/C56H77N5O9/c1-28-9-10-31-21-32-11-12-36-35(38-27-70-51(67)45(38)34-14-17-59-26-34)8-6-7-33-23-56(69)47-39(53(4)24-42(64)41(63)22-40(53)49(66)48(47)61-25-30(3)62)13-15-55(56,16-18-60-52(57)58)50(33)54(5,68)43(65)20-29(2)44(32)46(36)37(31)19-28/h11-12,14,17,21,26,28-29,32-33,35-46,50,59,61,63-65,68-69H,7,9-10,13,15-16,18-20,22-25,27H2,1-5H3,(H4,57,58,60). The second-order valence-corrected chi connectivity index (χ2v) is 24.3. The van der Waals surface area contributed by atoms with Crippen LogP contribution in [0.1, 0.15) is 117 Å². The van der Waals surface area contributed by atoms with E-state index in [1.165, 1.54) is 12.5 Å². The monoisotopic (exact) mass is 964 g/mol. The molecule has 14 nitrogen and oxygen atoms in total. The van der Waals surface area contributed by atoms with Crippen molar-refractivity contribution in [2.24, 2.45) is 104 Å². The summed E-state index contributed by atoms with van der Waals surface area (Å²) < 4.78 is 5.98. The maximum Gasteiger partial charge on any atom is 0.313 e. The largest absolute Gasteiger partial charge is 0.465 e. The molecule has 1 aromatic rings. The first-order chi connectivity index (χ1) is 33.2. The van der Waals surface area contributed by atoms with Gasteiger partial charge >= 0.3 is 5.97 Å². The third-order valence-corrected chi connectivity index (χ3v) is 20.4. The molecule has 10 rings (SSSR count). The lowest BCUT2D eigenvalue weighted by Crippen LogP contribution is -2.65. The Morgan fingerprint density at radius 1 is 1.01 bits per heavy atom. The van der Waals surface area contributed by atoms with Crippen LogP contribution in [-0.2, 0) is 19.1 Å². The number of aromatic nitrogens is 1. The zero-order chi connectivity index (χ0) is 49.8. The number of aliphatic hydroxyl groups excluding tert-OH is 3. The van der Waals surface area contributed by atoms with Crippen molar-refractivity contribution >= 4 is 23.5 Å². The second kappa shape index (κ2) is 18.0. The van der Waals surface area contributed by atoms with Crippen LogP contribution in [0.15, 0.2) is 58.5 Å². The molecule has 1 saturated heterocycles. The third-order valence-electron chi connectivity index (χ3n) is 20.4. The van der Waals surface area contributed by atoms with Gasteiger partial charge in [-0.05, 0) is 154 Å². The quantitative estimate of drug-likeness (QED) is 0.0578. The van der Waals surface area contributed by atoms with Crippen LogP contribution in [0.4, 0.5) is 0 Å². The van der Waals surface area contributed by atoms with Gasteiger partial charge in [0.15, 0.2) is 11.7 Å². The Morgan fingerprint density at radius 2 is 1.80 bits per heavy atom. The number of carbonyl (C=O) groups excluding carboxylic acids is 3. The molecule has 21 atom stereocenters. The van der Waals surface area contributed by atoms with Gasteiger partial charge in [0, 0.05) is 54.4 Å². The highest BCUT2D eigenvalue weighted by atomic mass is 16.5. The molecule has 2 heterocycles. The third kappa shape index (κ3) is 7.68. The molecule has 11 N–H and O–H groups in total. The minimum Gasteiger partial charge on any atom is -0.465 e. The number of nitrogens with zero attached hydrogens (tertiary/aromatic N) is 1. The molecule has 5 fully saturated rings. The number of carbonyl (C=O) groups is 3. The summed E-state index contributed by atoms with van der Waals surface area (Å²) in [6.07, 6.45) is 12.6. The van der Waals surface area contributed by atoms with Crippen LogP contribution >= 0.6 is 0 Å². The predicted molar refractivity (Wildman–Crippen MR) is 263 cm³/mol. The molecule has 4 saturated carbocycles. The van der Waals surface area contributed by atoms with Crippen LogP contribution in [0.5, 0.6) is 0 Å². The number of ketones is 2. The lowest BCUT2D eigenvalue weighted by Gasteiger charge is -2.62. The van der Waals surface area contributed by atoms with Crippen LogP contribution < -0.4 is 16.8 Å². The van der Waals surface area contributed by atoms with Gasteiger partial charge < -0.3 is 52.0 Å². The van der Waals surface area contributed by atoms with Crippen LogP contribution in [0.25, 0.3) is 0 Å². The predicted octanol–water partition coefficient (Wildman–Crippen LogP) is 4.42. The van der Waals surface area contributed by atoms with Crippen LogP contribution in [-0.4, -0.2) is 103 Å². The molecule has 70 heavy (non-hydrogen) atoms. The first kappa shape index (κ1) is 49.3. The number of H-pyrrole nitrogens is 1. The fraction of sp³-hybridized carbons (Fsp3) is 0.714. The molecule has 0 spiro atoms. The SMILES string of the molecule is CC(=O)CNC1=C2C(CCC3(CCN=C(N)N)C4C(CC#CC(C5COC(=O)C5c5cc[nH]c5)C5C=CC6C=C7CCC(C)CC7C5C6C(C)CC(O)C4(C)O)CC23O)C2(C)CC(O)C(O)CC2C1=O. The highest BCUT2D eigenvalue weighted by Crippen LogP contribution is 2.72. The Hall–Kier alpha value is -4.26. The number of nitrogens with one attached hydrogen (secondary N) is 2. The van der Waals surface area contributed by atoms with Gasteiger partial charge in [0.25, 0.3) is 0 Å². The summed E-state index contributed by atoms with van der Waals surface area (Å²) >= 11 is 0. The van der Waals surface area contributed by atoms with Crippen molar-refractivity contribution in [1.82, 2.24) is 10.3 Å². The first-order valence-corrected chi connectivity index (χ1v) is 26.4. The number of cyclic esters (lactones) is 1. The number of fused-ring (bicyclic) bond motifs is 8. The average molecular weight is 964 g/mol. The normalized spacial score (nSPS) is 47.2. The smallest absolute Gasteiger partial charge is 0.313 e. The zero-order valence-corrected chi connectivity index (χ0v) is 41.6. The van der Waals surface area contributed by atoms with E-state index < -0.39 is 69.9 Å². The molecule has 0 aromatic carbocycles. The Labute approximate surface area is 412 Å². The van der Waals surface area contributed by atoms with E-state index in [1.54, 1.807) is 6.92 Å². The van der Waals surface area contributed by atoms with Gasteiger partial charge in [0.1, 0.15) is 5.78 Å². The Kier molecular flexibility index (Phi) is 12.7. The number of hydrogen-bond donors (Lipinski definition) is 9. The number of ether oxygens (including phenoxy) is 1. The molecule has 0 amide bonds. The fourth-order valence-electron chi connectivity index (χ4n) is 17.5. The highest BCUT2D eigenvalue weighted by Gasteiger charge is 2.74. The minimum absolute atomic E-state index is 0.0289. The zero-order valence-electron chi connectivity index (χ0n) is 41.6. The van der Waals surface area contributed by atoms with Crippen molar-refractivity contribution < 1.29 is 44.7 Å². The number of aliphatic hydroxyl groups is 5. The summed E-state index contributed by atoms with van der Waals surface area (Å²) in [6, 6.07) is 1.95. The number of Topliss-reactive ketones (excluding diaryl/α,β-unsaturated/α-hetero) is 2. The van der Waals surface area contributed by atoms with Gasteiger partial charge in [0.05, 0.1) is 54.3 Å². The molecule has 21 unspecified atom stereocenters. The number of aliphatic imine (C=N–C) groups is 1. The van der Waals surface area contributed by atoms with Gasteiger partial charge in [-0.15, -0.1) is 5.92 Å². The average Bonchev–Trinajstić information content (AvgIpc) is 4.02. The molecule has 1 aliphatic heterocycles. The van der Waals surface area contributed by atoms with Crippen LogP contribution in [0.2, 0.25) is 0 Å². The van der Waals surface area contributed by atoms with Crippen molar-refractivity contribution in [1.29, 1.82) is 0 Å². The molecular formula is C56H77N5O9. The van der Waals surface area contributed by atoms with E-state index in [1.807, 2.05) is 25.4 Å². The van der Waals surface area contributed by atoms with E-state index >= 15 is 4.79 Å². The molecular weight excluding hydrogens is 887 g/mol. The lowest BCUT2D eigenvalue weighted by atomic mass is 9.44. The topological polar surface area (TPSA) is 254 Å². The number of esters is 1. The van der Waals surface area contributed by atoms with E-state index in [0.717, 1.165) is 24.8 Å². The van der Waals surface area contributed by atoms with Gasteiger partial charge in [-0.25, -0.2) is 0 Å². The summed E-state index contributed by atoms with van der Waals surface area (Å²) in [5.74, 6) is 4.31. The molecule has 0 radical (unpaired) electrons. The first-order valence-electron chi connectivity index (χ1n) is 26.4. The number of nitrogens with two attached hydrogens (primary N) is 2. The number of allylic oxidation sites excluding steroid dienone is 5. The summed E-state index contributed by atoms with van der Waals surface area (Å²) in [7, 11) is 0. The van der Waals surface area contributed by atoms with Gasteiger partial charge in [-0.1, -0.05) is 50.5 Å². The number of rotatable bonds is 8. The molecule has 1 aromatic heterocycles. The number of guanidine groups is 1. The lowest BCUT2D eigenvalue weighted by molar-refractivity contribution is -0.190. The van der Waals surface area contributed by atoms with Crippen molar-refractivity contribution in [3.63, 3.8) is 0 Å². The van der Waals surface area contributed by atoms with Crippen molar-refractivity contribution in [2.75, 3.05) is 19.7 Å². The molecule has 4 bridgehead atoms. The maximum absolute atomic E-state index is 15.1. The van der Waals surface area contributed by atoms with Gasteiger partial charge in [-0.3, -0.25) is 19.4 Å². The Morgan fingerprint density at radius 3 is 2.53 bits per heavy atom. The van der Waals surface area contributed by atoms with E-state index in [0.29, 0.717) is 36.7 Å². The van der Waals surface area contributed by atoms with E-state index in [9.17, 15) is 35.1 Å². The summed E-state index contributed by atoms with van der Waals surface area (Å²) in [6.45, 7) is 9.87. The molecule has 14 heteroatoms. The maximum atomic E-state index is 15.1. The fourth-order valence-corrected chi connectivity index (χ4v) is 17.5. The molecule has 8 aliphatic carbocycles. The van der Waals surface area contributed by atoms with Crippen LogP contribution in [0, 0.1) is 99.6 Å². The van der Waals surface area contributed by atoms with E-state index in [-0.39, 0.29) is 122 Å². The van der Waals surface area contributed by atoms with Gasteiger partial charge in [0.2, 0.25) is 0 Å². The molecule has 380 valence electrons. The summed E-state index contributed by atoms with van der Waals surface area (Å²) in [5, 5.41) is 66.2. The highest BCUT2D eigenvalue weighted by molar-refractivity contribution is 6.00. The molecule has 9 aliphatic rings.